The van der Waals surface area contributed by atoms with Gasteiger partial charge in [0.15, 0.2) is 6.40 Å². The van der Waals surface area contributed by atoms with Crippen LogP contribution in [0.5, 0.6) is 11.5 Å². The van der Waals surface area contributed by atoms with Gasteiger partial charge in [-0.25, -0.2) is 4.99 Å². The summed E-state index contributed by atoms with van der Waals surface area (Å²) in [5.74, 6) is 1.48. The molecule has 0 fully saturated rings. The summed E-state index contributed by atoms with van der Waals surface area (Å²) in [6.45, 7) is 2.00. The lowest BCUT2D eigenvalue weighted by atomic mass is 10.2. The molecule has 0 spiro atoms. The van der Waals surface area contributed by atoms with Gasteiger partial charge < -0.3 is 14.3 Å². The van der Waals surface area contributed by atoms with Crippen molar-refractivity contribution < 1.29 is 14.3 Å². The second kappa shape index (κ2) is 10.1. The Bertz CT molecular complexity index is 967. The predicted octanol–water partition coefficient (Wildman–Crippen LogP) is 6.10. The van der Waals surface area contributed by atoms with Crippen molar-refractivity contribution in [2.45, 2.75) is 19.8 Å². The fourth-order valence-corrected chi connectivity index (χ4v) is 3.79. The molecule has 1 aliphatic heterocycles. The van der Waals surface area contributed by atoms with Crippen LogP contribution in [-0.2, 0) is 24.6 Å². The molecule has 0 N–H and O–H groups in total. The number of hydroxylamine groups is 2. The summed E-state index contributed by atoms with van der Waals surface area (Å²) in [5, 5.41) is 1.77. The summed E-state index contributed by atoms with van der Waals surface area (Å²) in [6, 6.07) is 22.0. The maximum Gasteiger partial charge on any atom is 0.198 e. The fourth-order valence-electron chi connectivity index (χ4n) is 2.99. The van der Waals surface area contributed by atoms with Gasteiger partial charge in [0.25, 0.3) is 0 Å². The fraction of sp³-hybridized carbons (Fsp3) is 0.174. The van der Waals surface area contributed by atoms with Crippen LogP contribution in [0.25, 0.3) is 0 Å². The number of rotatable bonds is 8. The Morgan fingerprint density at radius 1 is 0.833 bits per heavy atom. The highest BCUT2D eigenvalue weighted by atomic mass is 79.9. The number of ether oxygens (including phenoxy) is 2. The van der Waals surface area contributed by atoms with E-state index in [2.05, 4.69) is 36.9 Å². The van der Waals surface area contributed by atoms with Gasteiger partial charge in [0, 0.05) is 26.1 Å². The third-order valence-electron chi connectivity index (χ3n) is 4.51. The molecular weight excluding hydrogens is 512 g/mol. The largest absolute Gasteiger partial charge is 0.489 e. The second-order valence-electron chi connectivity index (χ2n) is 6.75. The Morgan fingerprint density at radius 2 is 1.40 bits per heavy atom. The zero-order valence-electron chi connectivity index (χ0n) is 16.1. The summed E-state index contributed by atoms with van der Waals surface area (Å²) in [7, 11) is 0. The zero-order chi connectivity index (χ0) is 20.8. The molecule has 30 heavy (non-hydrogen) atoms. The summed E-state index contributed by atoms with van der Waals surface area (Å²) < 4.78 is 14.2. The van der Waals surface area contributed by atoms with Crippen LogP contribution < -0.4 is 9.47 Å². The first-order chi connectivity index (χ1) is 14.7. The molecule has 0 radical (unpaired) electrons. The number of nitrogens with zero attached hydrogens (tertiary/aromatic N) is 2. The van der Waals surface area contributed by atoms with Crippen LogP contribution in [0.15, 0.2) is 80.7 Å². The average Bonchev–Trinajstić information content (AvgIpc) is 3.25. The van der Waals surface area contributed by atoms with Crippen molar-refractivity contribution in [3.8, 4) is 11.5 Å². The van der Waals surface area contributed by atoms with Crippen molar-refractivity contribution in [3.63, 3.8) is 0 Å². The highest BCUT2D eigenvalue weighted by molar-refractivity contribution is 9.10. The molecule has 1 heterocycles. The van der Waals surface area contributed by atoms with Crippen molar-refractivity contribution in [2.24, 2.45) is 4.99 Å². The zero-order valence-corrected chi connectivity index (χ0v) is 19.3. The molecule has 0 unspecified atom stereocenters. The normalized spacial score (nSPS) is 13.3. The van der Waals surface area contributed by atoms with Crippen LogP contribution in [0, 0.1) is 0 Å². The van der Waals surface area contributed by atoms with Gasteiger partial charge in [-0.2, -0.15) is 0 Å². The van der Waals surface area contributed by atoms with E-state index in [0.717, 1.165) is 37.1 Å². The molecule has 0 bridgehead atoms. The molecule has 0 atom stereocenters. The highest BCUT2D eigenvalue weighted by Crippen LogP contribution is 2.27. The van der Waals surface area contributed by atoms with Gasteiger partial charge in [0.05, 0.1) is 6.54 Å². The molecular formula is C23H20Br2N2O3. The van der Waals surface area contributed by atoms with Gasteiger partial charge >= 0.3 is 0 Å². The van der Waals surface area contributed by atoms with Gasteiger partial charge in [-0.15, -0.1) is 5.06 Å². The Balaban J connectivity index is 1.51. The number of hydrogen-bond acceptors (Lipinski definition) is 5. The molecule has 0 aliphatic carbocycles. The minimum absolute atomic E-state index is 0.456. The lowest BCUT2D eigenvalue weighted by Gasteiger charge is -2.16. The van der Waals surface area contributed by atoms with Crippen LogP contribution in [0.2, 0.25) is 0 Å². The smallest absolute Gasteiger partial charge is 0.198 e. The van der Waals surface area contributed by atoms with Crippen LogP contribution in [0.1, 0.15) is 16.7 Å². The first-order valence-electron chi connectivity index (χ1n) is 9.44. The van der Waals surface area contributed by atoms with Gasteiger partial charge in [-0.1, -0.05) is 68.3 Å². The van der Waals surface area contributed by atoms with Crippen molar-refractivity contribution in [1.82, 2.24) is 5.06 Å². The van der Waals surface area contributed by atoms with Crippen LogP contribution >= 0.6 is 31.9 Å². The number of benzene rings is 3. The van der Waals surface area contributed by atoms with E-state index in [0.29, 0.717) is 26.4 Å². The Hall–Kier alpha value is -2.35. The van der Waals surface area contributed by atoms with E-state index >= 15 is 0 Å². The van der Waals surface area contributed by atoms with Gasteiger partial charge in [0.2, 0.25) is 0 Å². The average molecular weight is 532 g/mol. The molecule has 3 aromatic rings. The SMILES string of the molecule is Brc1ccccc1COc1cc(CN2CN=CO2)cc(OCc2ccccc2Br)c1. The number of aliphatic imine (C=N–C) groups is 1. The van der Waals surface area contributed by atoms with Crippen molar-refractivity contribution >= 4 is 38.3 Å². The Kier molecular flexibility index (Phi) is 7.04. The third kappa shape index (κ3) is 5.62. The van der Waals surface area contributed by atoms with Gasteiger partial charge in [0.1, 0.15) is 31.4 Å². The van der Waals surface area contributed by atoms with E-state index in [4.69, 9.17) is 14.3 Å². The molecule has 7 heteroatoms. The van der Waals surface area contributed by atoms with E-state index < -0.39 is 0 Å². The van der Waals surface area contributed by atoms with Crippen molar-refractivity contribution in [2.75, 3.05) is 6.67 Å². The highest BCUT2D eigenvalue weighted by Gasteiger charge is 2.13. The standard InChI is InChI=1S/C23H20Br2N2O3/c24-22-7-3-1-5-18(22)13-28-20-9-17(12-27-15-26-16-30-27)10-21(11-20)29-14-19-6-2-4-8-23(19)25/h1-11,16H,12-15H2. The molecule has 154 valence electrons. The number of hydrogen-bond donors (Lipinski definition) is 0. The van der Waals surface area contributed by atoms with Gasteiger partial charge in [-0.3, -0.25) is 0 Å². The summed E-state index contributed by atoms with van der Waals surface area (Å²) in [5.41, 5.74) is 3.18. The molecule has 0 amide bonds. The quantitative estimate of drug-likeness (QED) is 0.352. The molecule has 3 aromatic carbocycles. The van der Waals surface area contributed by atoms with Gasteiger partial charge in [-0.05, 0) is 29.8 Å². The second-order valence-corrected chi connectivity index (χ2v) is 8.46. The topological polar surface area (TPSA) is 43.3 Å². The number of halogens is 2. The Morgan fingerprint density at radius 3 is 1.90 bits per heavy atom. The monoisotopic (exact) mass is 530 g/mol. The third-order valence-corrected chi connectivity index (χ3v) is 6.06. The van der Waals surface area contributed by atoms with Crippen LogP contribution in [-0.4, -0.2) is 18.1 Å². The first kappa shape index (κ1) is 20.9. The maximum atomic E-state index is 6.08. The Labute approximate surface area is 192 Å². The van der Waals surface area contributed by atoms with Crippen LogP contribution in [0.3, 0.4) is 0 Å². The summed E-state index contributed by atoms with van der Waals surface area (Å²) in [4.78, 5) is 9.46. The maximum absolute atomic E-state index is 6.08. The van der Waals surface area contributed by atoms with E-state index in [1.165, 1.54) is 6.40 Å². The minimum Gasteiger partial charge on any atom is -0.489 e. The minimum atomic E-state index is 0.456. The molecule has 0 saturated heterocycles. The van der Waals surface area contributed by atoms with Crippen molar-refractivity contribution in [3.05, 3.63) is 92.4 Å². The molecule has 0 saturated carbocycles. The van der Waals surface area contributed by atoms with E-state index in [9.17, 15) is 0 Å². The van der Waals surface area contributed by atoms with E-state index in [-0.39, 0.29) is 0 Å². The molecule has 5 nitrogen and oxygen atoms in total. The lowest BCUT2D eigenvalue weighted by Crippen LogP contribution is -2.18. The summed E-state index contributed by atoms with van der Waals surface area (Å²) in [6.07, 6.45) is 1.46. The molecule has 0 aromatic heterocycles. The lowest BCUT2D eigenvalue weighted by molar-refractivity contribution is -0.0519. The first-order valence-corrected chi connectivity index (χ1v) is 11.0. The van der Waals surface area contributed by atoms with E-state index in [1.54, 1.807) is 5.06 Å². The van der Waals surface area contributed by atoms with Crippen molar-refractivity contribution in [1.29, 1.82) is 0 Å². The predicted molar refractivity (Wildman–Crippen MR) is 123 cm³/mol. The van der Waals surface area contributed by atoms with E-state index in [1.807, 2.05) is 66.7 Å². The summed E-state index contributed by atoms with van der Waals surface area (Å²) >= 11 is 7.14. The molecule has 4 rings (SSSR count). The van der Waals surface area contributed by atoms with Crippen LogP contribution in [0.4, 0.5) is 0 Å². The molecule has 1 aliphatic rings.